The first-order chi connectivity index (χ1) is 11.7. The molecule has 1 saturated heterocycles. The van der Waals surface area contributed by atoms with Gasteiger partial charge >= 0.3 is 11.9 Å². The number of esters is 2. The van der Waals surface area contributed by atoms with Gasteiger partial charge in [-0.05, 0) is 36.6 Å². The molecule has 1 unspecified atom stereocenters. The van der Waals surface area contributed by atoms with Gasteiger partial charge in [0.25, 0.3) is 0 Å². The van der Waals surface area contributed by atoms with Gasteiger partial charge in [-0.25, -0.2) is 18.0 Å². The van der Waals surface area contributed by atoms with E-state index in [-0.39, 0.29) is 28.0 Å². The predicted molar refractivity (Wildman–Crippen MR) is 89.7 cm³/mol. The smallest absolute Gasteiger partial charge is 0.339 e. The molecule has 0 radical (unpaired) electrons. The fourth-order valence-electron chi connectivity index (χ4n) is 2.75. The Morgan fingerprint density at radius 3 is 2.40 bits per heavy atom. The van der Waals surface area contributed by atoms with E-state index in [1.165, 1.54) is 23.5 Å². The molecular formula is C16H22N2O6S. The van der Waals surface area contributed by atoms with Crippen LogP contribution in [0.1, 0.15) is 34.1 Å². The molecule has 1 aromatic carbocycles. The summed E-state index contributed by atoms with van der Waals surface area (Å²) in [6, 6.07) is 3.72. The molecule has 138 valence electrons. The molecule has 0 aromatic heterocycles. The van der Waals surface area contributed by atoms with Crippen molar-refractivity contribution in [1.82, 2.24) is 4.31 Å². The molecule has 2 N–H and O–H groups in total. The van der Waals surface area contributed by atoms with Crippen LogP contribution >= 0.6 is 0 Å². The van der Waals surface area contributed by atoms with Crippen LogP contribution in [0.3, 0.4) is 0 Å². The first-order valence-electron chi connectivity index (χ1n) is 7.69. The minimum Gasteiger partial charge on any atom is -0.465 e. The summed E-state index contributed by atoms with van der Waals surface area (Å²) in [5.41, 5.74) is 5.32. The Hall–Kier alpha value is -1.97. The SMILES string of the molecule is COC(=O)c1ccc(C(=O)OC)c(S(=O)(=O)N2CCC(C)(CN)C2)c1. The molecule has 0 aliphatic carbocycles. The molecule has 0 amide bonds. The maximum atomic E-state index is 13.1. The highest BCUT2D eigenvalue weighted by atomic mass is 32.2. The molecule has 25 heavy (non-hydrogen) atoms. The zero-order valence-corrected chi connectivity index (χ0v) is 15.3. The third kappa shape index (κ3) is 3.68. The zero-order valence-electron chi connectivity index (χ0n) is 14.4. The lowest BCUT2D eigenvalue weighted by atomic mass is 9.90. The van der Waals surface area contributed by atoms with Gasteiger partial charge in [0.2, 0.25) is 10.0 Å². The summed E-state index contributed by atoms with van der Waals surface area (Å²) in [5, 5.41) is 0. The van der Waals surface area contributed by atoms with Crippen LogP contribution in [0, 0.1) is 5.41 Å². The Balaban J connectivity index is 2.54. The summed E-state index contributed by atoms with van der Waals surface area (Å²) in [6.07, 6.45) is 0.618. The van der Waals surface area contributed by atoms with E-state index in [9.17, 15) is 18.0 Å². The topological polar surface area (TPSA) is 116 Å². The van der Waals surface area contributed by atoms with E-state index in [0.29, 0.717) is 19.5 Å². The normalized spacial score (nSPS) is 21.1. The highest BCUT2D eigenvalue weighted by Crippen LogP contribution is 2.33. The standard InChI is InChI=1S/C16H22N2O6S/c1-16(9-17)6-7-18(10-16)25(21,22)13-8-11(14(19)23-2)4-5-12(13)15(20)24-3/h4-5,8H,6-7,9-10,17H2,1-3H3. The third-order valence-corrected chi connectivity index (χ3v) is 6.33. The number of ether oxygens (including phenoxy) is 2. The number of hydrogen-bond acceptors (Lipinski definition) is 7. The van der Waals surface area contributed by atoms with Gasteiger partial charge in [-0.1, -0.05) is 6.92 Å². The van der Waals surface area contributed by atoms with Crippen LogP contribution in [0.15, 0.2) is 23.1 Å². The van der Waals surface area contributed by atoms with Crippen molar-refractivity contribution in [2.75, 3.05) is 33.9 Å². The number of hydrogen-bond donors (Lipinski definition) is 1. The molecule has 0 saturated carbocycles. The maximum Gasteiger partial charge on any atom is 0.339 e. The number of carbonyl (C=O) groups excluding carboxylic acids is 2. The number of carbonyl (C=O) groups is 2. The Kier molecular flexibility index (Phi) is 5.50. The minimum absolute atomic E-state index is 0.0366. The van der Waals surface area contributed by atoms with E-state index in [0.717, 1.165) is 13.2 Å². The molecule has 1 aromatic rings. The zero-order chi connectivity index (χ0) is 18.8. The number of benzene rings is 1. The number of rotatable bonds is 5. The molecule has 0 spiro atoms. The Morgan fingerprint density at radius 2 is 1.88 bits per heavy atom. The van der Waals surface area contributed by atoms with Crippen molar-refractivity contribution >= 4 is 22.0 Å². The third-order valence-electron chi connectivity index (χ3n) is 4.44. The molecule has 8 nitrogen and oxygen atoms in total. The minimum atomic E-state index is -4.00. The second kappa shape index (κ2) is 7.11. The molecule has 1 aliphatic rings. The molecule has 9 heteroatoms. The second-order valence-corrected chi connectivity index (χ2v) is 8.20. The highest BCUT2D eigenvalue weighted by molar-refractivity contribution is 7.89. The van der Waals surface area contributed by atoms with Gasteiger partial charge in [-0.15, -0.1) is 0 Å². The summed E-state index contributed by atoms with van der Waals surface area (Å²) in [4.78, 5) is 23.5. The van der Waals surface area contributed by atoms with Crippen LogP contribution in [-0.4, -0.2) is 58.5 Å². The van der Waals surface area contributed by atoms with Crippen molar-refractivity contribution in [1.29, 1.82) is 0 Å². The quantitative estimate of drug-likeness (QED) is 0.755. The van der Waals surface area contributed by atoms with E-state index >= 15 is 0 Å². The largest absolute Gasteiger partial charge is 0.465 e. The van der Waals surface area contributed by atoms with E-state index in [4.69, 9.17) is 5.73 Å². The van der Waals surface area contributed by atoms with Crippen LogP contribution in [-0.2, 0) is 19.5 Å². The molecule has 1 atom stereocenters. The Bertz CT molecular complexity index is 792. The van der Waals surface area contributed by atoms with E-state index in [1.807, 2.05) is 6.92 Å². The molecule has 0 bridgehead atoms. The van der Waals surface area contributed by atoms with Crippen molar-refractivity contribution in [3.63, 3.8) is 0 Å². The number of nitrogens with zero attached hydrogens (tertiary/aromatic N) is 1. The second-order valence-electron chi connectivity index (χ2n) is 6.30. The van der Waals surface area contributed by atoms with Gasteiger partial charge in [0.05, 0.1) is 30.2 Å². The van der Waals surface area contributed by atoms with Crippen LogP contribution in [0.5, 0.6) is 0 Å². The van der Waals surface area contributed by atoms with Crippen LogP contribution in [0.2, 0.25) is 0 Å². The summed E-state index contributed by atoms with van der Waals surface area (Å²) < 4.78 is 36.7. The van der Waals surface area contributed by atoms with Crippen LogP contribution in [0.25, 0.3) is 0 Å². The lowest BCUT2D eigenvalue weighted by Crippen LogP contribution is -2.35. The first-order valence-corrected chi connectivity index (χ1v) is 9.13. The average molecular weight is 370 g/mol. The summed E-state index contributed by atoms with van der Waals surface area (Å²) in [7, 11) is -1.65. The van der Waals surface area contributed by atoms with Crippen molar-refractivity contribution in [2.45, 2.75) is 18.2 Å². The number of sulfonamides is 1. The lowest BCUT2D eigenvalue weighted by Gasteiger charge is -2.23. The molecule has 2 rings (SSSR count). The fraction of sp³-hybridized carbons (Fsp3) is 0.500. The van der Waals surface area contributed by atoms with Gasteiger partial charge in [0, 0.05) is 13.1 Å². The van der Waals surface area contributed by atoms with E-state index < -0.39 is 22.0 Å². The number of methoxy groups -OCH3 is 2. The fourth-order valence-corrected chi connectivity index (χ4v) is 4.55. The Morgan fingerprint density at radius 1 is 1.24 bits per heavy atom. The molecular weight excluding hydrogens is 348 g/mol. The van der Waals surface area contributed by atoms with Gasteiger partial charge in [-0.3, -0.25) is 0 Å². The summed E-state index contributed by atoms with van der Waals surface area (Å²) >= 11 is 0. The molecule has 1 heterocycles. The first kappa shape index (κ1) is 19.4. The average Bonchev–Trinajstić information content (AvgIpc) is 3.03. The maximum absolute atomic E-state index is 13.1. The molecule has 1 aliphatic heterocycles. The monoisotopic (exact) mass is 370 g/mol. The highest BCUT2D eigenvalue weighted by Gasteiger charge is 2.40. The van der Waals surface area contributed by atoms with E-state index in [2.05, 4.69) is 9.47 Å². The van der Waals surface area contributed by atoms with Gasteiger partial charge in [-0.2, -0.15) is 4.31 Å². The van der Waals surface area contributed by atoms with Crippen molar-refractivity contribution in [2.24, 2.45) is 11.1 Å². The predicted octanol–water partition coefficient (Wildman–Crippen LogP) is 0.619. The van der Waals surface area contributed by atoms with Gasteiger partial charge in [0.15, 0.2) is 0 Å². The van der Waals surface area contributed by atoms with Gasteiger partial charge < -0.3 is 15.2 Å². The summed E-state index contributed by atoms with van der Waals surface area (Å²) in [6.45, 7) is 2.80. The van der Waals surface area contributed by atoms with Crippen molar-refractivity contribution in [3.05, 3.63) is 29.3 Å². The lowest BCUT2D eigenvalue weighted by molar-refractivity contribution is 0.0583. The van der Waals surface area contributed by atoms with Crippen LogP contribution in [0.4, 0.5) is 0 Å². The summed E-state index contributed by atoms with van der Waals surface area (Å²) in [5.74, 6) is -1.49. The van der Waals surface area contributed by atoms with Crippen LogP contribution < -0.4 is 5.73 Å². The molecule has 1 fully saturated rings. The van der Waals surface area contributed by atoms with Crippen molar-refractivity contribution in [3.8, 4) is 0 Å². The van der Waals surface area contributed by atoms with Gasteiger partial charge in [0.1, 0.15) is 0 Å². The van der Waals surface area contributed by atoms with Crippen molar-refractivity contribution < 1.29 is 27.5 Å². The Labute approximate surface area is 146 Å². The van der Waals surface area contributed by atoms with E-state index in [1.54, 1.807) is 0 Å². The number of nitrogens with two attached hydrogens (primary N) is 1.